The molecule has 21 heavy (non-hydrogen) atoms. The van der Waals surface area contributed by atoms with Crippen LogP contribution in [-0.2, 0) is 6.42 Å². The van der Waals surface area contributed by atoms with Gasteiger partial charge in [0.2, 0.25) is 0 Å². The monoisotopic (exact) mass is 328 g/mol. The van der Waals surface area contributed by atoms with E-state index in [-0.39, 0.29) is 5.75 Å². The summed E-state index contributed by atoms with van der Waals surface area (Å²) in [6.07, 6.45) is 0.903. The molecule has 2 N–H and O–H groups in total. The molecule has 0 fully saturated rings. The second kappa shape index (κ2) is 7.90. The summed E-state index contributed by atoms with van der Waals surface area (Å²) in [5.41, 5.74) is 0.713. The third-order valence-corrected chi connectivity index (χ3v) is 3.76. The van der Waals surface area contributed by atoms with Gasteiger partial charge in [0.25, 0.3) is 0 Å². The molecule has 0 radical (unpaired) electrons. The van der Waals surface area contributed by atoms with Crippen LogP contribution in [-0.4, -0.2) is 18.3 Å². The van der Waals surface area contributed by atoms with E-state index in [0.717, 1.165) is 13.0 Å². The van der Waals surface area contributed by atoms with Gasteiger partial charge in [0.15, 0.2) is 5.11 Å². The lowest BCUT2D eigenvalue weighted by Crippen LogP contribution is -2.30. The summed E-state index contributed by atoms with van der Waals surface area (Å²) in [4.78, 5) is 1.29. The van der Waals surface area contributed by atoms with Crippen molar-refractivity contribution in [1.29, 1.82) is 0 Å². The molecule has 0 aliphatic rings. The molecular formula is C14H14F2N2OS2. The van der Waals surface area contributed by atoms with E-state index in [9.17, 15) is 8.78 Å². The highest BCUT2D eigenvalue weighted by Crippen LogP contribution is 2.17. The van der Waals surface area contributed by atoms with Crippen molar-refractivity contribution in [2.45, 2.75) is 13.0 Å². The summed E-state index contributed by atoms with van der Waals surface area (Å²) in [6, 6.07) is 10.3. The zero-order chi connectivity index (χ0) is 15.1. The van der Waals surface area contributed by atoms with Gasteiger partial charge in [-0.2, -0.15) is 8.78 Å². The number of thiophene rings is 1. The normalized spacial score (nSPS) is 10.4. The fraction of sp³-hybridized carbons (Fsp3) is 0.214. The molecule has 0 aliphatic carbocycles. The Morgan fingerprint density at radius 1 is 1.24 bits per heavy atom. The number of alkyl halides is 2. The average molecular weight is 328 g/mol. The SMILES string of the molecule is FC(F)Oc1ccc(NC(=S)NCCc2cccs2)cc1. The molecule has 0 unspecified atom stereocenters. The Hall–Kier alpha value is -1.73. The van der Waals surface area contributed by atoms with Gasteiger partial charge in [-0.25, -0.2) is 0 Å². The first-order chi connectivity index (χ1) is 10.1. The quantitative estimate of drug-likeness (QED) is 0.789. The third kappa shape index (κ3) is 5.65. The second-order valence-electron chi connectivity index (χ2n) is 4.11. The molecule has 0 atom stereocenters. The van der Waals surface area contributed by atoms with Crippen molar-refractivity contribution in [2.75, 3.05) is 11.9 Å². The number of thiocarbonyl (C=S) groups is 1. The Morgan fingerprint density at radius 2 is 2.00 bits per heavy atom. The van der Waals surface area contributed by atoms with E-state index in [1.165, 1.54) is 17.0 Å². The third-order valence-electron chi connectivity index (χ3n) is 2.57. The molecule has 0 spiro atoms. The van der Waals surface area contributed by atoms with Crippen molar-refractivity contribution < 1.29 is 13.5 Å². The first-order valence-electron chi connectivity index (χ1n) is 6.25. The fourth-order valence-electron chi connectivity index (χ4n) is 1.65. The second-order valence-corrected chi connectivity index (χ2v) is 5.55. The molecular weight excluding hydrogens is 314 g/mol. The van der Waals surface area contributed by atoms with E-state index in [2.05, 4.69) is 21.4 Å². The molecule has 2 rings (SSSR count). The number of halogens is 2. The molecule has 112 valence electrons. The minimum absolute atomic E-state index is 0.118. The highest BCUT2D eigenvalue weighted by molar-refractivity contribution is 7.80. The Morgan fingerprint density at radius 3 is 2.62 bits per heavy atom. The lowest BCUT2D eigenvalue weighted by Gasteiger charge is -2.11. The molecule has 0 bridgehead atoms. The van der Waals surface area contributed by atoms with Gasteiger partial charge in [-0.05, 0) is 54.4 Å². The molecule has 0 aliphatic heterocycles. The van der Waals surface area contributed by atoms with Crippen molar-refractivity contribution in [3.8, 4) is 5.75 Å². The zero-order valence-electron chi connectivity index (χ0n) is 11.0. The Bertz CT molecular complexity index is 559. The summed E-state index contributed by atoms with van der Waals surface area (Å²) in [5, 5.41) is 8.61. The van der Waals surface area contributed by atoms with Crippen LogP contribution in [0.3, 0.4) is 0 Å². The van der Waals surface area contributed by atoms with Gasteiger partial charge >= 0.3 is 6.61 Å². The van der Waals surface area contributed by atoms with Crippen molar-refractivity contribution >= 4 is 34.4 Å². The topological polar surface area (TPSA) is 33.3 Å². The minimum Gasteiger partial charge on any atom is -0.435 e. The average Bonchev–Trinajstić information content (AvgIpc) is 2.93. The number of anilines is 1. The maximum atomic E-state index is 12.0. The van der Waals surface area contributed by atoms with E-state index >= 15 is 0 Å². The predicted molar refractivity (Wildman–Crippen MR) is 85.3 cm³/mol. The van der Waals surface area contributed by atoms with Gasteiger partial charge in [-0.15, -0.1) is 11.3 Å². The number of ether oxygens (including phenoxy) is 1. The molecule has 7 heteroatoms. The van der Waals surface area contributed by atoms with Gasteiger partial charge in [-0.3, -0.25) is 0 Å². The summed E-state index contributed by atoms with van der Waals surface area (Å²) >= 11 is 6.87. The van der Waals surface area contributed by atoms with Crippen LogP contribution in [0.15, 0.2) is 41.8 Å². The first-order valence-corrected chi connectivity index (χ1v) is 7.54. The first kappa shape index (κ1) is 15.7. The van der Waals surface area contributed by atoms with Crippen LogP contribution < -0.4 is 15.4 Å². The molecule has 1 aromatic carbocycles. The van der Waals surface area contributed by atoms with Gasteiger partial charge in [0, 0.05) is 17.1 Å². The van der Waals surface area contributed by atoms with Crippen molar-refractivity contribution in [3.63, 3.8) is 0 Å². The largest absolute Gasteiger partial charge is 0.435 e. The van der Waals surface area contributed by atoms with Gasteiger partial charge in [0.05, 0.1) is 0 Å². The van der Waals surface area contributed by atoms with Crippen LogP contribution >= 0.6 is 23.6 Å². The molecule has 0 amide bonds. The van der Waals surface area contributed by atoms with Crippen LogP contribution in [0.5, 0.6) is 5.75 Å². The van der Waals surface area contributed by atoms with Crippen LogP contribution in [0.1, 0.15) is 4.88 Å². The number of benzene rings is 1. The van der Waals surface area contributed by atoms with Gasteiger partial charge in [0.1, 0.15) is 5.75 Å². The summed E-state index contributed by atoms with van der Waals surface area (Å²) in [7, 11) is 0. The molecule has 2 aromatic rings. The summed E-state index contributed by atoms with van der Waals surface area (Å²) in [6.45, 7) is -2.08. The smallest absolute Gasteiger partial charge is 0.387 e. The standard InChI is InChI=1S/C14H14F2N2OS2/c15-13(16)19-11-5-3-10(4-6-11)18-14(20)17-8-7-12-2-1-9-21-12/h1-6,9,13H,7-8H2,(H2,17,18,20). The number of rotatable bonds is 6. The van der Waals surface area contributed by atoms with Crippen LogP contribution in [0.2, 0.25) is 0 Å². The highest BCUT2D eigenvalue weighted by atomic mass is 32.1. The number of nitrogens with one attached hydrogen (secondary N) is 2. The van der Waals surface area contributed by atoms with E-state index in [4.69, 9.17) is 12.2 Å². The summed E-state index contributed by atoms with van der Waals surface area (Å²) in [5.74, 6) is 0.118. The Balaban J connectivity index is 1.74. The van der Waals surface area contributed by atoms with Crippen molar-refractivity contribution in [1.82, 2.24) is 5.32 Å². The minimum atomic E-state index is -2.82. The van der Waals surface area contributed by atoms with Gasteiger partial charge < -0.3 is 15.4 Å². The molecule has 1 aromatic heterocycles. The van der Waals surface area contributed by atoms with Crippen molar-refractivity contribution in [2.24, 2.45) is 0 Å². The van der Waals surface area contributed by atoms with Crippen molar-refractivity contribution in [3.05, 3.63) is 46.7 Å². The van der Waals surface area contributed by atoms with Crippen LogP contribution in [0.25, 0.3) is 0 Å². The molecule has 0 saturated carbocycles. The maximum absolute atomic E-state index is 12.0. The highest BCUT2D eigenvalue weighted by Gasteiger charge is 2.04. The van der Waals surface area contributed by atoms with Crippen LogP contribution in [0.4, 0.5) is 14.5 Å². The number of hydrogen-bond donors (Lipinski definition) is 2. The predicted octanol–water partition coefficient (Wildman–Crippen LogP) is 3.88. The lowest BCUT2D eigenvalue weighted by molar-refractivity contribution is -0.0498. The Labute approximate surface area is 130 Å². The number of hydrogen-bond acceptors (Lipinski definition) is 3. The van der Waals surface area contributed by atoms with E-state index < -0.39 is 6.61 Å². The molecule has 3 nitrogen and oxygen atoms in total. The molecule has 0 saturated heterocycles. The van der Waals surface area contributed by atoms with Crippen LogP contribution in [0, 0.1) is 0 Å². The van der Waals surface area contributed by atoms with E-state index in [1.54, 1.807) is 23.5 Å². The molecule has 1 heterocycles. The van der Waals surface area contributed by atoms with E-state index in [0.29, 0.717) is 10.8 Å². The zero-order valence-corrected chi connectivity index (χ0v) is 12.6. The Kier molecular flexibility index (Phi) is 5.89. The fourth-order valence-corrected chi connectivity index (χ4v) is 2.58. The van der Waals surface area contributed by atoms with Gasteiger partial charge in [-0.1, -0.05) is 6.07 Å². The summed E-state index contributed by atoms with van der Waals surface area (Å²) < 4.78 is 28.3. The lowest BCUT2D eigenvalue weighted by atomic mass is 10.3. The van der Waals surface area contributed by atoms with E-state index in [1.807, 2.05) is 11.4 Å². The maximum Gasteiger partial charge on any atom is 0.387 e.